The summed E-state index contributed by atoms with van der Waals surface area (Å²) >= 11 is 0. The fourth-order valence-corrected chi connectivity index (χ4v) is 3.38. The van der Waals surface area contributed by atoms with Crippen LogP contribution in [-0.2, 0) is 10.0 Å². The lowest BCUT2D eigenvalue weighted by Crippen LogP contribution is -2.36. The monoisotopic (exact) mass is 276 g/mol. The van der Waals surface area contributed by atoms with Gasteiger partial charge < -0.3 is 0 Å². The molecule has 0 bridgehead atoms. The zero-order valence-corrected chi connectivity index (χ0v) is 10.9. The van der Waals surface area contributed by atoms with Crippen molar-refractivity contribution in [3.8, 4) is 12.1 Å². The maximum absolute atomic E-state index is 12.1. The molecule has 0 aliphatic heterocycles. The van der Waals surface area contributed by atoms with Crippen LogP contribution in [0.2, 0.25) is 0 Å². The first-order valence-electron chi connectivity index (χ1n) is 5.85. The molecule has 0 radical (unpaired) electrons. The van der Waals surface area contributed by atoms with E-state index >= 15 is 0 Å². The van der Waals surface area contributed by atoms with Crippen molar-refractivity contribution in [1.82, 2.24) is 9.71 Å². The van der Waals surface area contributed by atoms with Crippen LogP contribution in [0, 0.1) is 28.6 Å². The standard InChI is InChI=1S/C12H12N4O2S/c13-6-9-2-1-3-12(9)16-19(17,18)11-5-4-10(7-14)15-8-11/h4-5,8-9,12,16H,1-3H2. The van der Waals surface area contributed by atoms with Crippen molar-refractivity contribution < 1.29 is 8.42 Å². The Morgan fingerprint density at radius 1 is 1.32 bits per heavy atom. The van der Waals surface area contributed by atoms with E-state index in [2.05, 4.69) is 15.8 Å². The van der Waals surface area contributed by atoms with Gasteiger partial charge in [0.1, 0.15) is 16.7 Å². The van der Waals surface area contributed by atoms with Crippen LogP contribution in [0.15, 0.2) is 23.2 Å². The van der Waals surface area contributed by atoms with Crippen molar-refractivity contribution in [3.63, 3.8) is 0 Å². The van der Waals surface area contributed by atoms with Crippen molar-refractivity contribution in [2.45, 2.75) is 30.2 Å². The van der Waals surface area contributed by atoms with Crippen LogP contribution in [0.5, 0.6) is 0 Å². The van der Waals surface area contributed by atoms with Gasteiger partial charge in [-0.15, -0.1) is 0 Å². The zero-order valence-electron chi connectivity index (χ0n) is 10.1. The molecule has 0 amide bonds. The molecule has 7 heteroatoms. The Morgan fingerprint density at radius 2 is 2.11 bits per heavy atom. The smallest absolute Gasteiger partial charge is 0.242 e. The van der Waals surface area contributed by atoms with Gasteiger partial charge in [0.15, 0.2) is 0 Å². The van der Waals surface area contributed by atoms with Gasteiger partial charge in [0, 0.05) is 12.2 Å². The van der Waals surface area contributed by atoms with Gasteiger partial charge in [-0.2, -0.15) is 10.5 Å². The molecule has 0 spiro atoms. The first-order chi connectivity index (χ1) is 9.06. The largest absolute Gasteiger partial charge is 0.244 e. The molecule has 0 saturated heterocycles. The SMILES string of the molecule is N#Cc1ccc(S(=O)(=O)NC2CCCC2C#N)cn1. The maximum atomic E-state index is 12.1. The normalized spacial score (nSPS) is 22.6. The molecule has 1 aromatic heterocycles. The predicted octanol–water partition coefficient (Wildman–Crippen LogP) is 0.924. The van der Waals surface area contributed by atoms with E-state index in [1.165, 1.54) is 12.1 Å². The highest BCUT2D eigenvalue weighted by atomic mass is 32.2. The lowest BCUT2D eigenvalue weighted by Gasteiger charge is -2.15. The third kappa shape index (κ3) is 2.90. The molecule has 6 nitrogen and oxygen atoms in total. The van der Waals surface area contributed by atoms with Crippen LogP contribution in [0.1, 0.15) is 25.0 Å². The van der Waals surface area contributed by atoms with E-state index in [1.807, 2.05) is 6.07 Å². The van der Waals surface area contributed by atoms with Crippen LogP contribution in [0.4, 0.5) is 0 Å². The van der Waals surface area contributed by atoms with Crippen LogP contribution in [0.3, 0.4) is 0 Å². The first kappa shape index (κ1) is 13.5. The summed E-state index contributed by atoms with van der Waals surface area (Å²) in [6.07, 6.45) is 3.38. The van der Waals surface area contributed by atoms with Crippen molar-refractivity contribution in [1.29, 1.82) is 10.5 Å². The maximum Gasteiger partial charge on any atom is 0.242 e. The average Bonchev–Trinajstić information content (AvgIpc) is 2.85. The van der Waals surface area contributed by atoms with E-state index < -0.39 is 10.0 Å². The summed E-state index contributed by atoms with van der Waals surface area (Å²) < 4.78 is 26.7. The van der Waals surface area contributed by atoms with Crippen LogP contribution in [0.25, 0.3) is 0 Å². The topological polar surface area (TPSA) is 107 Å². The fraction of sp³-hybridized carbons (Fsp3) is 0.417. The Kier molecular flexibility index (Phi) is 3.79. The van der Waals surface area contributed by atoms with Gasteiger partial charge in [0.05, 0.1) is 12.0 Å². The molecule has 2 rings (SSSR count). The summed E-state index contributed by atoms with van der Waals surface area (Å²) in [5.74, 6) is -0.277. The van der Waals surface area contributed by atoms with Crippen LogP contribution < -0.4 is 4.72 Å². The van der Waals surface area contributed by atoms with E-state index in [1.54, 1.807) is 0 Å². The van der Waals surface area contributed by atoms with Gasteiger partial charge in [-0.25, -0.2) is 18.1 Å². The number of nitrogens with zero attached hydrogens (tertiary/aromatic N) is 3. The summed E-state index contributed by atoms with van der Waals surface area (Å²) in [6, 6.07) is 6.29. The number of hydrogen-bond acceptors (Lipinski definition) is 5. The Balaban J connectivity index is 2.18. The van der Waals surface area contributed by atoms with Gasteiger partial charge in [0.25, 0.3) is 0 Å². The molecule has 1 N–H and O–H groups in total. The number of hydrogen-bond donors (Lipinski definition) is 1. The second-order valence-electron chi connectivity index (χ2n) is 4.39. The summed E-state index contributed by atoms with van der Waals surface area (Å²) in [5.41, 5.74) is 0.162. The number of nitriles is 2. The van der Waals surface area contributed by atoms with Crippen molar-refractivity contribution in [3.05, 3.63) is 24.0 Å². The number of pyridine rings is 1. The van der Waals surface area contributed by atoms with Crippen LogP contribution >= 0.6 is 0 Å². The summed E-state index contributed by atoms with van der Waals surface area (Å²) in [4.78, 5) is 3.74. The van der Waals surface area contributed by atoms with Crippen molar-refractivity contribution in [2.24, 2.45) is 5.92 Å². The number of rotatable bonds is 3. The summed E-state index contributed by atoms with van der Waals surface area (Å²) in [5, 5.41) is 17.6. The highest BCUT2D eigenvalue weighted by Gasteiger charge is 2.31. The lowest BCUT2D eigenvalue weighted by atomic mass is 10.1. The first-order valence-corrected chi connectivity index (χ1v) is 7.33. The minimum Gasteiger partial charge on any atom is -0.244 e. The third-order valence-corrected chi connectivity index (χ3v) is 4.62. The van der Waals surface area contributed by atoms with Gasteiger partial charge in [-0.1, -0.05) is 6.42 Å². The quantitative estimate of drug-likeness (QED) is 0.883. The predicted molar refractivity (Wildman–Crippen MR) is 66.0 cm³/mol. The second kappa shape index (κ2) is 5.35. The molecular weight excluding hydrogens is 264 g/mol. The van der Waals surface area contributed by atoms with Crippen molar-refractivity contribution >= 4 is 10.0 Å². The molecule has 2 atom stereocenters. The Morgan fingerprint density at radius 3 is 2.68 bits per heavy atom. The van der Waals surface area contributed by atoms with Gasteiger partial charge in [0.2, 0.25) is 10.0 Å². The molecule has 1 heterocycles. The minimum atomic E-state index is -3.68. The van der Waals surface area contributed by atoms with Gasteiger partial charge in [-0.3, -0.25) is 0 Å². The van der Waals surface area contributed by atoms with Crippen molar-refractivity contribution in [2.75, 3.05) is 0 Å². The van der Waals surface area contributed by atoms with E-state index in [0.29, 0.717) is 6.42 Å². The Hall–Kier alpha value is -1.96. The van der Waals surface area contributed by atoms with Gasteiger partial charge >= 0.3 is 0 Å². The molecule has 1 aromatic rings. The Bertz CT molecular complexity index is 640. The summed E-state index contributed by atoms with van der Waals surface area (Å²) in [7, 11) is -3.68. The van der Waals surface area contributed by atoms with E-state index in [0.717, 1.165) is 19.0 Å². The highest BCUT2D eigenvalue weighted by Crippen LogP contribution is 2.26. The number of aromatic nitrogens is 1. The molecule has 1 saturated carbocycles. The molecule has 98 valence electrons. The van der Waals surface area contributed by atoms with E-state index in [9.17, 15) is 8.42 Å². The molecule has 1 fully saturated rings. The molecule has 19 heavy (non-hydrogen) atoms. The highest BCUT2D eigenvalue weighted by molar-refractivity contribution is 7.89. The average molecular weight is 276 g/mol. The minimum absolute atomic E-state index is 0.00934. The molecular formula is C12H12N4O2S. The third-order valence-electron chi connectivity index (χ3n) is 3.15. The molecule has 1 aliphatic carbocycles. The van der Waals surface area contributed by atoms with E-state index in [-0.39, 0.29) is 22.5 Å². The number of nitrogens with one attached hydrogen (secondary N) is 1. The van der Waals surface area contributed by atoms with Crippen LogP contribution in [-0.4, -0.2) is 19.4 Å². The lowest BCUT2D eigenvalue weighted by molar-refractivity contribution is 0.515. The molecule has 1 aliphatic rings. The van der Waals surface area contributed by atoms with Gasteiger partial charge in [-0.05, 0) is 25.0 Å². The zero-order chi connectivity index (χ0) is 13.9. The number of sulfonamides is 1. The summed E-state index contributed by atoms with van der Waals surface area (Å²) in [6.45, 7) is 0. The second-order valence-corrected chi connectivity index (χ2v) is 6.10. The molecule has 0 aromatic carbocycles. The van der Waals surface area contributed by atoms with E-state index in [4.69, 9.17) is 10.5 Å². The fourth-order valence-electron chi connectivity index (χ4n) is 2.13. The Labute approximate surface area is 111 Å². The molecule has 2 unspecified atom stereocenters.